The third-order valence-corrected chi connectivity index (χ3v) is 5.85. The van der Waals surface area contributed by atoms with E-state index in [1.807, 2.05) is 18.4 Å². The van der Waals surface area contributed by atoms with Crippen molar-refractivity contribution < 1.29 is 4.74 Å². The zero-order valence-electron chi connectivity index (χ0n) is 13.2. The number of aromatic nitrogens is 1. The van der Waals surface area contributed by atoms with Gasteiger partial charge in [0.1, 0.15) is 0 Å². The Labute approximate surface area is 131 Å². The summed E-state index contributed by atoms with van der Waals surface area (Å²) in [6.45, 7) is 6.36. The molecule has 1 fully saturated rings. The lowest BCUT2D eigenvalue weighted by molar-refractivity contribution is 0.143. The average Bonchev–Trinajstić information content (AvgIpc) is 2.93. The summed E-state index contributed by atoms with van der Waals surface area (Å²) in [5.74, 6) is 0.661. The molecule has 1 aromatic heterocycles. The SMILES string of the molecule is CCNC1CCCc2nc(N3CCCC(COC)C3)sc21. The van der Waals surface area contributed by atoms with Gasteiger partial charge in [-0.25, -0.2) is 4.98 Å². The van der Waals surface area contributed by atoms with Crippen LogP contribution in [0, 0.1) is 5.92 Å². The highest BCUT2D eigenvalue weighted by Gasteiger charge is 2.27. The van der Waals surface area contributed by atoms with Gasteiger partial charge in [0, 0.05) is 31.1 Å². The van der Waals surface area contributed by atoms with E-state index in [0.717, 1.165) is 32.7 Å². The fraction of sp³-hybridized carbons (Fsp3) is 0.812. The molecule has 5 heteroatoms. The van der Waals surface area contributed by atoms with Crippen molar-refractivity contribution in [2.24, 2.45) is 5.92 Å². The number of anilines is 1. The first kappa shape index (κ1) is 15.3. The molecule has 118 valence electrons. The number of thiazole rings is 1. The maximum Gasteiger partial charge on any atom is 0.185 e. The Bertz CT molecular complexity index is 460. The van der Waals surface area contributed by atoms with E-state index in [2.05, 4.69) is 17.1 Å². The summed E-state index contributed by atoms with van der Waals surface area (Å²) in [6.07, 6.45) is 6.22. The Morgan fingerprint density at radius 1 is 1.38 bits per heavy atom. The molecule has 1 saturated heterocycles. The molecule has 2 aliphatic rings. The predicted molar refractivity (Wildman–Crippen MR) is 88.3 cm³/mol. The summed E-state index contributed by atoms with van der Waals surface area (Å²) in [7, 11) is 1.81. The molecule has 2 heterocycles. The number of nitrogens with one attached hydrogen (secondary N) is 1. The Hall–Kier alpha value is -0.650. The summed E-state index contributed by atoms with van der Waals surface area (Å²) in [4.78, 5) is 8.94. The zero-order valence-corrected chi connectivity index (χ0v) is 14.0. The van der Waals surface area contributed by atoms with Gasteiger partial charge in [0.2, 0.25) is 0 Å². The van der Waals surface area contributed by atoms with E-state index in [9.17, 15) is 0 Å². The second kappa shape index (κ2) is 7.07. The van der Waals surface area contributed by atoms with E-state index in [0.29, 0.717) is 12.0 Å². The molecule has 1 aliphatic heterocycles. The molecule has 0 aromatic carbocycles. The molecular weight excluding hydrogens is 282 g/mol. The van der Waals surface area contributed by atoms with E-state index in [1.54, 1.807) is 0 Å². The van der Waals surface area contributed by atoms with Crippen LogP contribution in [0.2, 0.25) is 0 Å². The second-order valence-electron chi connectivity index (χ2n) is 6.22. The minimum absolute atomic E-state index is 0.532. The molecule has 1 N–H and O–H groups in total. The number of rotatable bonds is 5. The molecule has 3 rings (SSSR count). The van der Waals surface area contributed by atoms with Crippen LogP contribution in [-0.4, -0.2) is 38.3 Å². The van der Waals surface area contributed by atoms with Crippen LogP contribution < -0.4 is 10.2 Å². The van der Waals surface area contributed by atoms with Crippen molar-refractivity contribution in [1.82, 2.24) is 10.3 Å². The number of fused-ring (bicyclic) bond motifs is 1. The van der Waals surface area contributed by atoms with Crippen LogP contribution in [-0.2, 0) is 11.2 Å². The molecule has 1 aromatic rings. The van der Waals surface area contributed by atoms with Crippen LogP contribution in [0.3, 0.4) is 0 Å². The molecular formula is C16H27N3OS. The highest BCUT2D eigenvalue weighted by atomic mass is 32.1. The summed E-state index contributed by atoms with van der Waals surface area (Å²) >= 11 is 1.92. The van der Waals surface area contributed by atoms with Crippen LogP contribution in [0.1, 0.15) is 49.2 Å². The van der Waals surface area contributed by atoms with Crippen LogP contribution in [0.15, 0.2) is 0 Å². The van der Waals surface area contributed by atoms with E-state index >= 15 is 0 Å². The molecule has 0 bridgehead atoms. The third kappa shape index (κ3) is 3.41. The number of nitrogens with zero attached hydrogens (tertiary/aromatic N) is 2. The highest BCUT2D eigenvalue weighted by molar-refractivity contribution is 7.15. The van der Waals surface area contributed by atoms with Crippen molar-refractivity contribution in [3.8, 4) is 0 Å². The number of hydrogen-bond donors (Lipinski definition) is 1. The van der Waals surface area contributed by atoms with Crippen molar-refractivity contribution in [3.05, 3.63) is 10.6 Å². The van der Waals surface area contributed by atoms with Gasteiger partial charge in [-0.15, -0.1) is 0 Å². The number of ether oxygens (including phenoxy) is 1. The first-order valence-electron chi connectivity index (χ1n) is 8.28. The predicted octanol–water partition coefficient (Wildman–Crippen LogP) is 2.99. The van der Waals surface area contributed by atoms with E-state index in [4.69, 9.17) is 9.72 Å². The number of methoxy groups -OCH3 is 1. The van der Waals surface area contributed by atoms with Crippen molar-refractivity contribution in [2.75, 3.05) is 38.3 Å². The Morgan fingerprint density at radius 3 is 3.10 bits per heavy atom. The number of aryl methyl sites for hydroxylation is 1. The normalized spacial score (nSPS) is 25.9. The van der Waals surface area contributed by atoms with Gasteiger partial charge < -0.3 is 15.0 Å². The molecule has 0 saturated carbocycles. The fourth-order valence-corrected chi connectivity index (χ4v) is 4.85. The summed E-state index contributed by atoms with van der Waals surface area (Å²) in [5, 5.41) is 4.86. The molecule has 1 aliphatic carbocycles. The van der Waals surface area contributed by atoms with Crippen LogP contribution >= 0.6 is 11.3 Å². The quantitative estimate of drug-likeness (QED) is 0.907. The van der Waals surface area contributed by atoms with Crippen LogP contribution in [0.5, 0.6) is 0 Å². The molecule has 0 amide bonds. The summed E-state index contributed by atoms with van der Waals surface area (Å²) in [5.41, 5.74) is 1.35. The lowest BCUT2D eigenvalue weighted by atomic mass is 9.98. The van der Waals surface area contributed by atoms with Gasteiger partial charge in [-0.3, -0.25) is 0 Å². The van der Waals surface area contributed by atoms with Crippen molar-refractivity contribution in [3.63, 3.8) is 0 Å². The van der Waals surface area contributed by atoms with Gasteiger partial charge in [-0.05, 0) is 44.6 Å². The standard InChI is InChI=1S/C16H27N3OS/c1-3-17-13-7-4-8-14-15(13)21-16(18-14)19-9-5-6-12(10-19)11-20-2/h12-13,17H,3-11H2,1-2H3. The van der Waals surface area contributed by atoms with Crippen molar-refractivity contribution >= 4 is 16.5 Å². The Kier molecular flexibility index (Phi) is 5.14. The van der Waals surface area contributed by atoms with Gasteiger partial charge in [-0.1, -0.05) is 18.3 Å². The molecule has 4 nitrogen and oxygen atoms in total. The van der Waals surface area contributed by atoms with Gasteiger partial charge in [0.05, 0.1) is 12.3 Å². The summed E-state index contributed by atoms with van der Waals surface area (Å²) in [6, 6.07) is 0.532. The molecule has 21 heavy (non-hydrogen) atoms. The van der Waals surface area contributed by atoms with Crippen LogP contribution in [0.25, 0.3) is 0 Å². The smallest absolute Gasteiger partial charge is 0.185 e. The minimum Gasteiger partial charge on any atom is -0.384 e. The van der Waals surface area contributed by atoms with Crippen LogP contribution in [0.4, 0.5) is 5.13 Å². The average molecular weight is 309 g/mol. The van der Waals surface area contributed by atoms with Crippen molar-refractivity contribution in [2.45, 2.75) is 45.1 Å². The topological polar surface area (TPSA) is 37.4 Å². The van der Waals surface area contributed by atoms with Crippen molar-refractivity contribution in [1.29, 1.82) is 0 Å². The molecule has 0 radical (unpaired) electrons. The monoisotopic (exact) mass is 309 g/mol. The first-order valence-corrected chi connectivity index (χ1v) is 9.10. The largest absolute Gasteiger partial charge is 0.384 e. The lowest BCUT2D eigenvalue weighted by Crippen LogP contribution is -2.37. The third-order valence-electron chi connectivity index (χ3n) is 4.58. The number of hydrogen-bond acceptors (Lipinski definition) is 5. The maximum absolute atomic E-state index is 5.34. The highest BCUT2D eigenvalue weighted by Crippen LogP contribution is 2.38. The van der Waals surface area contributed by atoms with E-state index < -0.39 is 0 Å². The van der Waals surface area contributed by atoms with Gasteiger partial charge in [-0.2, -0.15) is 0 Å². The maximum atomic E-state index is 5.34. The number of piperidine rings is 1. The van der Waals surface area contributed by atoms with Gasteiger partial charge in [0.15, 0.2) is 5.13 Å². The zero-order chi connectivity index (χ0) is 14.7. The lowest BCUT2D eigenvalue weighted by Gasteiger charge is -2.32. The minimum atomic E-state index is 0.532. The molecule has 2 unspecified atom stereocenters. The summed E-state index contributed by atoms with van der Waals surface area (Å²) < 4.78 is 5.34. The Morgan fingerprint density at radius 2 is 2.29 bits per heavy atom. The fourth-order valence-electron chi connectivity index (χ4n) is 3.59. The molecule has 0 spiro atoms. The first-order chi connectivity index (χ1) is 10.3. The van der Waals surface area contributed by atoms with Gasteiger partial charge in [0.25, 0.3) is 0 Å². The van der Waals surface area contributed by atoms with E-state index in [1.165, 1.54) is 41.4 Å². The van der Waals surface area contributed by atoms with Gasteiger partial charge >= 0.3 is 0 Å². The second-order valence-corrected chi connectivity index (χ2v) is 7.23. The van der Waals surface area contributed by atoms with E-state index in [-0.39, 0.29) is 0 Å². The molecule has 2 atom stereocenters. The Balaban J connectivity index is 1.74.